The Morgan fingerprint density at radius 1 is 0.821 bits per heavy atom. The van der Waals surface area contributed by atoms with Crippen LogP contribution in [0.2, 0.25) is 0 Å². The van der Waals surface area contributed by atoms with Gasteiger partial charge in [-0.2, -0.15) is 0 Å². The van der Waals surface area contributed by atoms with E-state index < -0.39 is 24.5 Å². The number of unbranched alkanes of at least 4 members (excludes halogenated alkanes) is 12. The lowest BCUT2D eigenvalue weighted by atomic mass is 10.0. The first-order valence-electron chi connectivity index (χ1n) is 11.4. The lowest BCUT2D eigenvalue weighted by molar-refractivity contribution is -0.261. The topological polar surface area (TPSA) is 96.2 Å². The van der Waals surface area contributed by atoms with Crippen LogP contribution in [0.15, 0.2) is 0 Å². The summed E-state index contributed by atoms with van der Waals surface area (Å²) in [6.07, 6.45) is 13.7. The normalized spacial score (nSPS) is 25.1. The quantitative estimate of drug-likeness (QED) is 0.312. The molecule has 6 nitrogen and oxygen atoms in total. The summed E-state index contributed by atoms with van der Waals surface area (Å²) in [5.41, 5.74) is 0. The summed E-state index contributed by atoms with van der Waals surface area (Å²) in [4.78, 5) is 10.4. The third kappa shape index (κ3) is 12.7. The zero-order valence-corrected chi connectivity index (χ0v) is 17.7. The molecule has 166 valence electrons. The number of carboxylic acids is 1. The highest BCUT2D eigenvalue weighted by atomic mass is 16.7. The van der Waals surface area contributed by atoms with E-state index in [1.807, 2.05) is 0 Å². The van der Waals surface area contributed by atoms with E-state index in [9.17, 15) is 15.0 Å². The summed E-state index contributed by atoms with van der Waals surface area (Å²) in [5, 5.41) is 28.1. The summed E-state index contributed by atoms with van der Waals surface area (Å²) in [5.74, 6) is -0.681. The van der Waals surface area contributed by atoms with Gasteiger partial charge < -0.3 is 24.8 Å². The minimum absolute atomic E-state index is 0.287. The molecule has 1 heterocycles. The second kappa shape index (κ2) is 16.1. The predicted octanol–water partition coefficient (Wildman–Crippen LogP) is 4.41. The lowest BCUT2D eigenvalue weighted by Gasteiger charge is -2.35. The van der Waals surface area contributed by atoms with Crippen LogP contribution >= 0.6 is 0 Å². The molecule has 0 aromatic heterocycles. The van der Waals surface area contributed by atoms with Gasteiger partial charge in [0.05, 0.1) is 12.2 Å². The van der Waals surface area contributed by atoms with Crippen LogP contribution in [0.5, 0.6) is 0 Å². The zero-order chi connectivity index (χ0) is 20.6. The molecule has 0 aromatic rings. The van der Waals surface area contributed by atoms with Gasteiger partial charge in [0.15, 0.2) is 6.29 Å². The van der Waals surface area contributed by atoms with Crippen molar-refractivity contribution in [1.82, 2.24) is 0 Å². The number of carbonyl (C=O) groups is 1. The minimum atomic E-state index is -0.740. The van der Waals surface area contributed by atoms with E-state index in [-0.39, 0.29) is 6.10 Å². The molecule has 0 spiro atoms. The van der Waals surface area contributed by atoms with Crippen molar-refractivity contribution < 1.29 is 29.6 Å². The van der Waals surface area contributed by atoms with Gasteiger partial charge in [0.2, 0.25) is 0 Å². The molecule has 0 unspecified atom stereocenters. The highest BCUT2D eigenvalue weighted by Gasteiger charge is 2.34. The van der Waals surface area contributed by atoms with Crippen LogP contribution in [-0.2, 0) is 14.3 Å². The molecule has 1 saturated heterocycles. The third-order valence-electron chi connectivity index (χ3n) is 5.50. The molecule has 0 amide bonds. The average Bonchev–Trinajstić information content (AvgIpc) is 2.65. The smallest absolute Gasteiger partial charge is 0.303 e. The van der Waals surface area contributed by atoms with Crippen LogP contribution in [0.25, 0.3) is 0 Å². The van der Waals surface area contributed by atoms with Gasteiger partial charge in [-0.3, -0.25) is 4.79 Å². The molecule has 0 aromatic carbocycles. The third-order valence-corrected chi connectivity index (χ3v) is 5.50. The van der Waals surface area contributed by atoms with Gasteiger partial charge >= 0.3 is 5.97 Å². The first kappa shape index (κ1) is 25.3. The second-order valence-corrected chi connectivity index (χ2v) is 8.19. The van der Waals surface area contributed by atoms with Gasteiger partial charge in [-0.1, -0.05) is 70.6 Å². The molecule has 1 rings (SSSR count). The van der Waals surface area contributed by atoms with Crippen LogP contribution < -0.4 is 0 Å². The highest BCUT2D eigenvalue weighted by Crippen LogP contribution is 2.21. The van der Waals surface area contributed by atoms with E-state index in [1.54, 1.807) is 6.92 Å². The lowest BCUT2D eigenvalue weighted by Crippen LogP contribution is -2.47. The molecule has 0 radical (unpaired) electrons. The Morgan fingerprint density at radius 2 is 1.29 bits per heavy atom. The standard InChI is InChI=1S/C22H42O6/c1-18-19(23)17-20(24)22(28-18)27-16-14-12-10-8-6-4-2-3-5-7-9-11-13-15-21(25)26/h18-20,22-24H,2-17H2,1H3,(H,25,26)/t18-,19+,20+,22+/m0/s1. The van der Waals surface area contributed by atoms with Gasteiger partial charge in [-0.05, 0) is 19.8 Å². The van der Waals surface area contributed by atoms with Crippen molar-refractivity contribution in [2.24, 2.45) is 0 Å². The molecule has 6 heteroatoms. The van der Waals surface area contributed by atoms with Gasteiger partial charge in [0.1, 0.15) is 6.10 Å². The molecular weight excluding hydrogens is 360 g/mol. The Hall–Kier alpha value is -0.690. The zero-order valence-electron chi connectivity index (χ0n) is 17.7. The summed E-state index contributed by atoms with van der Waals surface area (Å²) >= 11 is 0. The predicted molar refractivity (Wildman–Crippen MR) is 109 cm³/mol. The number of aliphatic hydroxyl groups excluding tert-OH is 2. The fraction of sp³-hybridized carbons (Fsp3) is 0.955. The summed E-state index contributed by atoms with van der Waals surface area (Å²) in [6, 6.07) is 0. The number of carboxylic acid groups (broad SMARTS) is 1. The molecule has 1 fully saturated rings. The van der Waals surface area contributed by atoms with Crippen molar-refractivity contribution in [3.8, 4) is 0 Å². The highest BCUT2D eigenvalue weighted by molar-refractivity contribution is 5.66. The Bertz CT molecular complexity index is 389. The first-order valence-corrected chi connectivity index (χ1v) is 11.4. The summed E-state index contributed by atoms with van der Waals surface area (Å²) in [6.45, 7) is 2.40. The maximum Gasteiger partial charge on any atom is 0.303 e. The van der Waals surface area contributed by atoms with E-state index in [0.29, 0.717) is 19.4 Å². The molecule has 4 atom stereocenters. The van der Waals surface area contributed by atoms with Crippen molar-refractivity contribution in [2.45, 2.75) is 128 Å². The average molecular weight is 403 g/mol. The van der Waals surface area contributed by atoms with Gasteiger partial charge in [0, 0.05) is 19.4 Å². The van der Waals surface area contributed by atoms with Crippen molar-refractivity contribution in [2.75, 3.05) is 6.61 Å². The summed E-state index contributed by atoms with van der Waals surface area (Å²) < 4.78 is 11.1. The molecule has 1 aliphatic rings. The molecular formula is C22H42O6. The number of hydrogen-bond acceptors (Lipinski definition) is 5. The Balaban J connectivity index is 1.78. The Labute approximate surface area is 170 Å². The Morgan fingerprint density at radius 3 is 1.79 bits per heavy atom. The fourth-order valence-corrected chi connectivity index (χ4v) is 3.62. The van der Waals surface area contributed by atoms with Crippen LogP contribution in [-0.4, -0.2) is 52.5 Å². The molecule has 0 aliphatic carbocycles. The number of ether oxygens (including phenoxy) is 2. The van der Waals surface area contributed by atoms with E-state index in [1.165, 1.54) is 51.4 Å². The van der Waals surface area contributed by atoms with Gasteiger partial charge in [-0.25, -0.2) is 0 Å². The van der Waals surface area contributed by atoms with Crippen molar-refractivity contribution in [3.05, 3.63) is 0 Å². The van der Waals surface area contributed by atoms with Crippen molar-refractivity contribution in [1.29, 1.82) is 0 Å². The number of aliphatic carboxylic acids is 1. The van der Waals surface area contributed by atoms with Crippen molar-refractivity contribution >= 4 is 5.97 Å². The maximum atomic E-state index is 10.4. The monoisotopic (exact) mass is 402 g/mol. The van der Waals surface area contributed by atoms with E-state index >= 15 is 0 Å². The fourth-order valence-electron chi connectivity index (χ4n) is 3.62. The molecule has 1 aliphatic heterocycles. The second-order valence-electron chi connectivity index (χ2n) is 8.19. The molecule has 0 bridgehead atoms. The largest absolute Gasteiger partial charge is 0.481 e. The Kier molecular flexibility index (Phi) is 14.6. The van der Waals surface area contributed by atoms with Crippen LogP contribution in [0.4, 0.5) is 0 Å². The maximum absolute atomic E-state index is 10.4. The van der Waals surface area contributed by atoms with E-state index in [4.69, 9.17) is 14.6 Å². The molecule has 28 heavy (non-hydrogen) atoms. The summed E-state index contributed by atoms with van der Waals surface area (Å²) in [7, 11) is 0. The number of aliphatic hydroxyl groups is 2. The van der Waals surface area contributed by atoms with Crippen molar-refractivity contribution in [3.63, 3.8) is 0 Å². The van der Waals surface area contributed by atoms with Crippen LogP contribution in [0, 0.1) is 0 Å². The minimum Gasteiger partial charge on any atom is -0.481 e. The van der Waals surface area contributed by atoms with E-state index in [0.717, 1.165) is 32.1 Å². The number of hydrogen-bond donors (Lipinski definition) is 3. The number of rotatable bonds is 17. The van der Waals surface area contributed by atoms with Gasteiger partial charge in [0.25, 0.3) is 0 Å². The van der Waals surface area contributed by atoms with Crippen LogP contribution in [0.3, 0.4) is 0 Å². The van der Waals surface area contributed by atoms with E-state index in [2.05, 4.69) is 0 Å². The van der Waals surface area contributed by atoms with Crippen LogP contribution in [0.1, 0.15) is 103 Å². The van der Waals surface area contributed by atoms with Gasteiger partial charge in [-0.15, -0.1) is 0 Å². The molecule has 0 saturated carbocycles. The SMILES string of the molecule is C[C@@H]1O[C@@H](OCCCCCCCCCCCCCCCC(=O)O)[C@H](O)C[C@H]1O. The first-order chi connectivity index (χ1) is 13.5. The molecule has 3 N–H and O–H groups in total.